The summed E-state index contributed by atoms with van der Waals surface area (Å²) < 4.78 is 0. The Morgan fingerprint density at radius 3 is 2.38 bits per heavy atom. The van der Waals surface area contributed by atoms with Crippen molar-refractivity contribution >= 4 is 23.2 Å². The van der Waals surface area contributed by atoms with E-state index in [1.54, 1.807) is 11.8 Å². The average Bonchev–Trinajstić information content (AvgIpc) is 2.88. The van der Waals surface area contributed by atoms with E-state index in [4.69, 9.17) is 0 Å². The minimum Gasteiger partial charge on any atom is -0.331 e. The van der Waals surface area contributed by atoms with E-state index in [0.717, 1.165) is 16.8 Å². The van der Waals surface area contributed by atoms with Crippen molar-refractivity contribution in [1.82, 2.24) is 4.90 Å². The number of carbonyl (C=O) groups excluding carboxylic acids is 2. The third kappa shape index (κ3) is 5.71. The van der Waals surface area contributed by atoms with Gasteiger partial charge in [0, 0.05) is 29.9 Å². The molecule has 1 fully saturated rings. The number of nitrogens with zero attached hydrogens (tertiary/aromatic N) is 2. The Kier molecular flexibility index (Phi) is 7.43. The number of nitro groups is 1. The molecule has 1 heterocycles. The summed E-state index contributed by atoms with van der Waals surface area (Å²) >= 11 is 0. The largest absolute Gasteiger partial charge is 0.331 e. The van der Waals surface area contributed by atoms with Crippen LogP contribution < -0.4 is 5.32 Å². The highest BCUT2D eigenvalue weighted by atomic mass is 16.6. The van der Waals surface area contributed by atoms with Crippen LogP contribution in [0.2, 0.25) is 0 Å². The van der Waals surface area contributed by atoms with Gasteiger partial charge in [0.15, 0.2) is 0 Å². The summed E-state index contributed by atoms with van der Waals surface area (Å²) in [5.74, 6) is -0.803. The van der Waals surface area contributed by atoms with Gasteiger partial charge < -0.3 is 10.2 Å². The van der Waals surface area contributed by atoms with Gasteiger partial charge in [0.2, 0.25) is 5.91 Å². The molecule has 3 aromatic carbocycles. The van der Waals surface area contributed by atoms with E-state index in [2.05, 4.69) is 32.2 Å². The first-order valence-corrected chi connectivity index (χ1v) is 12.6. The van der Waals surface area contributed by atoms with E-state index in [-0.39, 0.29) is 22.9 Å². The third-order valence-electron chi connectivity index (χ3n) is 7.02. The van der Waals surface area contributed by atoms with Gasteiger partial charge in [-0.05, 0) is 60.1 Å². The van der Waals surface area contributed by atoms with Crippen LogP contribution in [0.3, 0.4) is 0 Å². The molecule has 7 nitrogen and oxygen atoms in total. The number of nitrogens with one attached hydrogen (secondary N) is 1. The number of non-ortho nitro benzene ring substituents is 1. The fraction of sp³-hybridized carbons (Fsp3) is 0.333. The number of nitro benzene ring substituents is 1. The predicted octanol–water partition coefficient (Wildman–Crippen LogP) is 6.43. The highest BCUT2D eigenvalue weighted by Crippen LogP contribution is 2.38. The summed E-state index contributed by atoms with van der Waals surface area (Å²) in [4.78, 5) is 39.9. The zero-order valence-electron chi connectivity index (χ0n) is 21.7. The van der Waals surface area contributed by atoms with Crippen LogP contribution in [0.4, 0.5) is 11.4 Å². The molecule has 2 atom stereocenters. The number of amides is 2. The monoisotopic (exact) mass is 499 g/mol. The van der Waals surface area contributed by atoms with Crippen LogP contribution in [0, 0.1) is 23.0 Å². The molecular weight excluding hydrogens is 466 g/mol. The van der Waals surface area contributed by atoms with Crippen LogP contribution in [0.5, 0.6) is 0 Å². The molecule has 4 rings (SSSR count). The minimum absolute atomic E-state index is 0.0516. The van der Waals surface area contributed by atoms with E-state index in [9.17, 15) is 19.7 Å². The molecule has 1 saturated heterocycles. The number of hydrogen-bond acceptors (Lipinski definition) is 4. The Hall–Kier alpha value is -4.00. The lowest BCUT2D eigenvalue weighted by Gasteiger charge is -2.41. The van der Waals surface area contributed by atoms with E-state index in [1.807, 2.05) is 48.5 Å². The molecule has 0 saturated carbocycles. The van der Waals surface area contributed by atoms with Gasteiger partial charge in [0.1, 0.15) is 0 Å². The molecule has 0 radical (unpaired) electrons. The molecule has 3 aromatic rings. The molecule has 0 aliphatic carbocycles. The normalized spacial score (nSPS) is 17.8. The Bertz CT molecular complexity index is 1310. The van der Waals surface area contributed by atoms with Crippen molar-refractivity contribution in [3.63, 3.8) is 0 Å². The number of benzene rings is 3. The maximum absolute atomic E-state index is 13.8. The molecule has 37 heavy (non-hydrogen) atoms. The Morgan fingerprint density at radius 2 is 1.73 bits per heavy atom. The third-order valence-corrected chi connectivity index (χ3v) is 7.02. The lowest BCUT2D eigenvalue weighted by atomic mass is 9.83. The number of likely N-dealkylation sites (tertiary alicyclic amines) is 1. The molecule has 0 bridgehead atoms. The average molecular weight is 500 g/mol. The smallest absolute Gasteiger partial charge is 0.269 e. The topological polar surface area (TPSA) is 92.6 Å². The summed E-state index contributed by atoms with van der Waals surface area (Å²) in [6, 6.07) is 21.3. The van der Waals surface area contributed by atoms with Crippen molar-refractivity contribution in [2.75, 3.05) is 11.9 Å². The predicted molar refractivity (Wildman–Crippen MR) is 145 cm³/mol. The Morgan fingerprint density at radius 1 is 1.00 bits per heavy atom. The molecular formula is C30H33N3O4. The molecule has 2 amide bonds. The van der Waals surface area contributed by atoms with E-state index >= 15 is 0 Å². The highest BCUT2D eigenvalue weighted by Gasteiger charge is 2.40. The quantitative estimate of drug-likeness (QED) is 0.323. The second-order valence-electron chi connectivity index (χ2n) is 10.7. The van der Waals surface area contributed by atoms with Gasteiger partial charge in [-0.2, -0.15) is 0 Å². The number of piperidine rings is 1. The zero-order valence-corrected chi connectivity index (χ0v) is 21.7. The van der Waals surface area contributed by atoms with Crippen molar-refractivity contribution in [2.24, 2.45) is 5.92 Å². The van der Waals surface area contributed by atoms with Crippen molar-refractivity contribution < 1.29 is 14.5 Å². The summed E-state index contributed by atoms with van der Waals surface area (Å²) in [7, 11) is 0. The van der Waals surface area contributed by atoms with Crippen molar-refractivity contribution in [3.8, 4) is 0 Å². The van der Waals surface area contributed by atoms with Gasteiger partial charge in [0.25, 0.3) is 11.6 Å². The maximum atomic E-state index is 13.8. The molecule has 1 N–H and O–H groups in total. The van der Waals surface area contributed by atoms with Crippen molar-refractivity contribution in [1.29, 1.82) is 0 Å². The number of anilines is 1. The van der Waals surface area contributed by atoms with Crippen LogP contribution in [0.1, 0.15) is 66.7 Å². The second-order valence-corrected chi connectivity index (χ2v) is 10.7. The van der Waals surface area contributed by atoms with Crippen molar-refractivity contribution in [3.05, 3.63) is 105 Å². The van der Waals surface area contributed by atoms with Gasteiger partial charge in [0.05, 0.1) is 16.9 Å². The summed E-state index contributed by atoms with van der Waals surface area (Å²) in [6.07, 6.45) is 1.33. The zero-order chi connectivity index (χ0) is 26.7. The van der Waals surface area contributed by atoms with E-state index in [0.29, 0.717) is 30.5 Å². The lowest BCUT2D eigenvalue weighted by Crippen LogP contribution is -2.46. The fourth-order valence-electron chi connectivity index (χ4n) is 5.02. The molecule has 192 valence electrons. The Balaban J connectivity index is 1.67. The molecule has 7 heteroatoms. The second kappa shape index (κ2) is 10.5. The van der Waals surface area contributed by atoms with Crippen LogP contribution in [-0.2, 0) is 10.2 Å². The SMILES string of the molecule is Cc1cc([N+](=O)[O-])ccc1C(=O)N1CCC[C@H](C(=O)Nc2cccc(C(C)(C)C)c2)[C@@H]1c1ccccc1. The molecule has 1 aliphatic rings. The van der Waals surface area contributed by atoms with Crippen LogP contribution in [-0.4, -0.2) is 28.2 Å². The number of rotatable bonds is 5. The van der Waals surface area contributed by atoms with Gasteiger partial charge in [-0.1, -0.05) is 63.2 Å². The van der Waals surface area contributed by atoms with Crippen LogP contribution >= 0.6 is 0 Å². The standard InChI is InChI=1S/C30H33N3O4/c1-20-18-24(33(36)37)15-16-25(20)29(35)32-17-9-14-26(27(32)21-10-6-5-7-11-21)28(34)31-23-13-8-12-22(19-23)30(2,3)4/h5-8,10-13,15-16,18-19,26-27H,9,14,17H2,1-4H3,(H,31,34)/t26-,27-/m0/s1. The fourth-order valence-corrected chi connectivity index (χ4v) is 5.02. The van der Waals surface area contributed by atoms with Gasteiger partial charge in [-0.15, -0.1) is 0 Å². The van der Waals surface area contributed by atoms with Crippen LogP contribution in [0.15, 0.2) is 72.8 Å². The first-order chi connectivity index (χ1) is 17.6. The Labute approximate surface area is 217 Å². The maximum Gasteiger partial charge on any atom is 0.269 e. The molecule has 0 spiro atoms. The molecule has 0 aromatic heterocycles. The lowest BCUT2D eigenvalue weighted by molar-refractivity contribution is -0.384. The number of aryl methyl sites for hydroxylation is 1. The molecule has 0 unspecified atom stereocenters. The first-order valence-electron chi connectivity index (χ1n) is 12.6. The van der Waals surface area contributed by atoms with Gasteiger partial charge in [-0.25, -0.2) is 0 Å². The number of carbonyl (C=O) groups is 2. The van der Waals surface area contributed by atoms with E-state index < -0.39 is 16.9 Å². The highest BCUT2D eigenvalue weighted by molar-refractivity contribution is 5.98. The van der Waals surface area contributed by atoms with Crippen LogP contribution in [0.25, 0.3) is 0 Å². The summed E-state index contributed by atoms with van der Waals surface area (Å²) in [5.41, 5.74) is 3.59. The van der Waals surface area contributed by atoms with Gasteiger partial charge >= 0.3 is 0 Å². The summed E-state index contributed by atoms with van der Waals surface area (Å²) in [5, 5.41) is 14.3. The van der Waals surface area contributed by atoms with Gasteiger partial charge in [-0.3, -0.25) is 19.7 Å². The van der Waals surface area contributed by atoms with E-state index in [1.165, 1.54) is 18.2 Å². The minimum atomic E-state index is -0.468. The van der Waals surface area contributed by atoms with Crippen molar-refractivity contribution in [2.45, 2.75) is 52.0 Å². The molecule has 1 aliphatic heterocycles. The first kappa shape index (κ1) is 26.1. The number of hydrogen-bond donors (Lipinski definition) is 1. The summed E-state index contributed by atoms with van der Waals surface area (Å²) in [6.45, 7) is 8.59.